The van der Waals surface area contributed by atoms with Crippen LogP contribution in [0.1, 0.15) is 128 Å². The Hall–Kier alpha value is -6.36. The largest absolute Gasteiger partial charge is 0.469 e. The minimum Gasteiger partial charge on any atom is -0.469 e. The Balaban J connectivity index is 0.000000168. The first-order valence-corrected chi connectivity index (χ1v) is 26.3. The quantitative estimate of drug-likeness (QED) is 0.147. The number of ether oxygens (including phenoxy) is 11. The summed E-state index contributed by atoms with van der Waals surface area (Å²) in [5.41, 5.74) is -5.55. The second-order valence-corrected chi connectivity index (χ2v) is 23.9. The molecule has 16 atom stereocenters. The highest BCUT2D eigenvalue weighted by Crippen LogP contribution is 2.63. The lowest BCUT2D eigenvalue weighted by Crippen LogP contribution is -2.48. The molecule has 5 aliphatic heterocycles. The smallest absolute Gasteiger partial charge is 0.350 e. The number of nitrogens with zero attached hydrogens (tertiary/aromatic N) is 2. The number of nitriles is 2. The van der Waals surface area contributed by atoms with Crippen LogP contribution in [0.5, 0.6) is 0 Å². The molecule has 23 nitrogen and oxygen atoms in total. The van der Waals surface area contributed by atoms with Gasteiger partial charge in [0, 0.05) is 23.7 Å². The first-order valence-electron chi connectivity index (χ1n) is 26.3. The molecule has 23 heteroatoms. The van der Waals surface area contributed by atoms with Crippen molar-refractivity contribution in [1.29, 1.82) is 10.5 Å². The average molecular weight is 1080 g/mol. The van der Waals surface area contributed by atoms with Crippen LogP contribution in [-0.2, 0) is 100 Å². The van der Waals surface area contributed by atoms with Gasteiger partial charge < -0.3 is 52.1 Å². The van der Waals surface area contributed by atoms with Crippen molar-refractivity contribution in [1.82, 2.24) is 0 Å². The van der Waals surface area contributed by atoms with E-state index in [9.17, 15) is 58.5 Å². The minimum absolute atomic E-state index is 0.0216. The molecule has 0 radical (unpaired) electrons. The molecule has 6 bridgehead atoms. The van der Waals surface area contributed by atoms with Gasteiger partial charge in [0.1, 0.15) is 55.1 Å². The van der Waals surface area contributed by atoms with Crippen molar-refractivity contribution in [3.8, 4) is 12.1 Å². The van der Waals surface area contributed by atoms with Gasteiger partial charge >= 0.3 is 59.7 Å². The Morgan fingerprint density at radius 2 is 1.08 bits per heavy atom. The zero-order chi connectivity index (χ0) is 57.1. The van der Waals surface area contributed by atoms with E-state index < -0.39 is 154 Å². The van der Waals surface area contributed by atoms with E-state index in [2.05, 4.69) is 12.1 Å². The molecule has 422 valence electrons. The van der Waals surface area contributed by atoms with Crippen LogP contribution in [0.3, 0.4) is 0 Å². The molecule has 0 N–H and O–H groups in total. The molecule has 9 rings (SSSR count). The van der Waals surface area contributed by atoms with Crippen molar-refractivity contribution in [2.24, 2.45) is 62.6 Å². The Bertz CT molecular complexity index is 2540. The number of rotatable bonds is 17. The van der Waals surface area contributed by atoms with Gasteiger partial charge in [0.15, 0.2) is 29.6 Å². The first kappa shape index (κ1) is 58.3. The maximum absolute atomic E-state index is 12.6. The summed E-state index contributed by atoms with van der Waals surface area (Å²) in [6.45, 7) is 18.5. The molecule has 4 saturated carbocycles. The molecular weight excluding hydrogens is 1010 g/mol. The lowest BCUT2D eigenvalue weighted by Gasteiger charge is -2.32. The van der Waals surface area contributed by atoms with Crippen LogP contribution in [0.4, 0.5) is 0 Å². The molecule has 77 heavy (non-hydrogen) atoms. The van der Waals surface area contributed by atoms with E-state index in [1.807, 2.05) is 20.8 Å². The van der Waals surface area contributed by atoms with Gasteiger partial charge in [-0.2, -0.15) is 10.5 Å². The fourth-order valence-corrected chi connectivity index (χ4v) is 11.7. The van der Waals surface area contributed by atoms with Crippen LogP contribution in [0.25, 0.3) is 0 Å². The van der Waals surface area contributed by atoms with Crippen molar-refractivity contribution in [3.05, 3.63) is 0 Å². The van der Waals surface area contributed by atoms with Crippen molar-refractivity contribution < 1.29 is 100 Å². The molecule has 5 heterocycles. The average Bonchev–Trinajstić information content (AvgIpc) is 4.37. The lowest BCUT2D eigenvalue weighted by atomic mass is 9.74. The normalized spacial score (nSPS) is 34.9. The summed E-state index contributed by atoms with van der Waals surface area (Å²) in [5, 5.41) is 18.8. The zero-order valence-electron chi connectivity index (χ0n) is 45.6. The molecule has 4 aliphatic carbocycles. The summed E-state index contributed by atoms with van der Waals surface area (Å²) >= 11 is 0. The van der Waals surface area contributed by atoms with E-state index in [1.165, 1.54) is 21.0 Å². The van der Waals surface area contributed by atoms with Gasteiger partial charge in [-0.15, -0.1) is 0 Å². The molecular formula is C54H70N2O21. The summed E-state index contributed by atoms with van der Waals surface area (Å²) in [4.78, 5) is 121. The Labute approximate surface area is 446 Å². The second-order valence-electron chi connectivity index (χ2n) is 23.9. The number of hydrogen-bond donors (Lipinski definition) is 0. The van der Waals surface area contributed by atoms with Crippen molar-refractivity contribution >= 4 is 59.7 Å². The third-order valence-electron chi connectivity index (χ3n) is 17.7. The van der Waals surface area contributed by atoms with Crippen molar-refractivity contribution in [2.75, 3.05) is 20.3 Å². The van der Waals surface area contributed by atoms with Crippen LogP contribution >= 0.6 is 0 Å². The topological polar surface area (TPSA) is 320 Å². The molecule has 0 aromatic carbocycles. The van der Waals surface area contributed by atoms with Crippen LogP contribution in [0.2, 0.25) is 0 Å². The Kier molecular flexibility index (Phi) is 16.0. The number of methoxy groups -OCH3 is 1. The van der Waals surface area contributed by atoms with E-state index in [0.717, 1.165) is 0 Å². The van der Waals surface area contributed by atoms with Gasteiger partial charge in [-0.25, -0.2) is 9.59 Å². The Morgan fingerprint density at radius 1 is 0.597 bits per heavy atom. The van der Waals surface area contributed by atoms with Gasteiger partial charge in [0.05, 0.1) is 41.9 Å². The predicted molar refractivity (Wildman–Crippen MR) is 254 cm³/mol. The molecule has 0 aromatic rings. The van der Waals surface area contributed by atoms with E-state index in [4.69, 9.17) is 52.1 Å². The lowest BCUT2D eigenvalue weighted by molar-refractivity contribution is -0.192. The summed E-state index contributed by atoms with van der Waals surface area (Å²) in [5.74, 6) is -7.57. The van der Waals surface area contributed by atoms with E-state index in [-0.39, 0.29) is 42.7 Å². The van der Waals surface area contributed by atoms with E-state index >= 15 is 0 Å². The fourth-order valence-electron chi connectivity index (χ4n) is 11.7. The number of esters is 10. The molecule has 9 fully saturated rings. The maximum Gasteiger partial charge on any atom is 0.350 e. The Morgan fingerprint density at radius 3 is 1.57 bits per heavy atom. The summed E-state index contributed by atoms with van der Waals surface area (Å²) in [7, 11) is 1.21. The van der Waals surface area contributed by atoms with Gasteiger partial charge in [0.25, 0.3) is 0 Å². The van der Waals surface area contributed by atoms with E-state index in [0.29, 0.717) is 44.9 Å². The van der Waals surface area contributed by atoms with Crippen LogP contribution in [0.15, 0.2) is 0 Å². The molecule has 0 aromatic heterocycles. The van der Waals surface area contributed by atoms with Crippen LogP contribution in [-0.4, -0.2) is 134 Å². The predicted octanol–water partition coefficient (Wildman–Crippen LogP) is 3.86. The third-order valence-corrected chi connectivity index (χ3v) is 17.7. The summed E-state index contributed by atoms with van der Waals surface area (Å²) in [6.07, 6.45) is -1.54. The number of carbonyl (C=O) groups excluding carboxylic acids is 10. The minimum atomic E-state index is -1.44. The molecule has 9 aliphatic rings. The van der Waals surface area contributed by atoms with Crippen molar-refractivity contribution in [3.63, 3.8) is 0 Å². The SMILES string of the molecule is CCC(C)(C)C(=O)OC(C)(C)C(=O)OC1C2CC3C1OC(=O)C3(C#N)C2.CCC(C)(C)C(=O)OCC(=O)OC1C2OC(=O)C3C2OC1C3C(=O)OC.CCC(C)(C)C(=O)OCCC(=O)OC1C2CC3C1OC(=O)C3(C#N)C2. The molecule has 0 amide bonds. The van der Waals surface area contributed by atoms with Crippen molar-refractivity contribution in [2.45, 2.75) is 182 Å². The monoisotopic (exact) mass is 1080 g/mol. The molecule has 16 unspecified atom stereocenters. The highest BCUT2D eigenvalue weighted by atomic mass is 16.7. The summed E-state index contributed by atoms with van der Waals surface area (Å²) < 4.78 is 58.3. The number of fused-ring (bicyclic) bond motifs is 3. The van der Waals surface area contributed by atoms with Gasteiger partial charge in [-0.05, 0) is 100 Å². The zero-order valence-corrected chi connectivity index (χ0v) is 45.6. The highest BCUT2D eigenvalue weighted by molar-refractivity contribution is 5.88. The maximum atomic E-state index is 12.6. The van der Waals surface area contributed by atoms with Gasteiger partial charge in [-0.1, -0.05) is 20.8 Å². The molecule has 5 saturated heterocycles. The summed E-state index contributed by atoms with van der Waals surface area (Å²) in [6, 6.07) is 4.24. The standard InChI is InChI=1S/C19H25NO6.C18H23NO6.C17H22O9/c1-6-17(2,3)14(21)26-18(4,5)15(22)24-12-10-7-11-13(12)25-16(23)19(11,8-10)9-20;1-4-17(2,3)15(21)23-6-5-12(20)24-13-10-7-11-14(13)25-16(22)18(11,8-10)9-19;1-5-17(2,3)16(21)23-6-7(18)24-12-10-8(14(19)22-4)9-11(25-10)13(12)26-15(9)20/h10-13H,6-8H2,1-5H3;10-11,13-14H,4-8H2,1-3H3;8-13H,5-6H2,1-4H3. The van der Waals surface area contributed by atoms with E-state index in [1.54, 1.807) is 41.5 Å². The van der Waals surface area contributed by atoms with Crippen LogP contribution < -0.4 is 0 Å². The molecule has 0 spiro atoms. The number of hydrogen-bond acceptors (Lipinski definition) is 23. The number of carbonyl (C=O) groups is 10. The van der Waals surface area contributed by atoms with Crippen LogP contribution in [0, 0.1) is 85.2 Å². The third kappa shape index (κ3) is 10.2. The van der Waals surface area contributed by atoms with Gasteiger partial charge in [-0.3, -0.25) is 38.4 Å². The first-order chi connectivity index (χ1) is 35.9. The highest BCUT2D eigenvalue weighted by Gasteiger charge is 2.74. The van der Waals surface area contributed by atoms with Gasteiger partial charge in [0.2, 0.25) is 5.60 Å². The second kappa shape index (κ2) is 21.1. The fraction of sp³-hybridized carbons (Fsp3) is 0.778.